The molecule has 0 N–H and O–H groups in total. The molecule has 1 heterocycles. The van der Waals surface area contributed by atoms with Crippen LogP contribution >= 0.6 is 0 Å². The van der Waals surface area contributed by atoms with Crippen molar-refractivity contribution in [3.8, 4) is 0 Å². The van der Waals surface area contributed by atoms with Gasteiger partial charge in [0.2, 0.25) is 0 Å². The Bertz CT molecular complexity index is 865. The van der Waals surface area contributed by atoms with Gasteiger partial charge >= 0.3 is 0 Å². The van der Waals surface area contributed by atoms with Crippen molar-refractivity contribution in [2.45, 2.75) is 16.7 Å². The third kappa shape index (κ3) is 2.44. The number of hydrogen-bond acceptors (Lipinski definition) is 3. The lowest BCUT2D eigenvalue weighted by Gasteiger charge is -2.29. The number of para-hydroxylation sites is 1. The topological polar surface area (TPSA) is 54.5 Å². The van der Waals surface area contributed by atoms with Crippen LogP contribution in [0.25, 0.3) is 0 Å². The maximum absolute atomic E-state index is 13.4. The van der Waals surface area contributed by atoms with Crippen molar-refractivity contribution in [1.29, 1.82) is 0 Å². The fourth-order valence-electron chi connectivity index (χ4n) is 2.41. The third-order valence-corrected chi connectivity index (χ3v) is 6.77. The molecule has 2 aromatic rings. The second-order valence-corrected chi connectivity index (χ2v) is 8.41. The van der Waals surface area contributed by atoms with E-state index >= 15 is 0 Å². The molecule has 1 aliphatic rings. The average molecular weight is 339 g/mol. The van der Waals surface area contributed by atoms with E-state index in [1.54, 1.807) is 24.3 Å². The minimum Gasteiger partial charge on any atom is -0.264 e. The van der Waals surface area contributed by atoms with E-state index in [9.17, 15) is 17.0 Å². The first kappa shape index (κ1) is 15.2. The average Bonchev–Trinajstić information content (AvgIpc) is 2.50. The van der Waals surface area contributed by atoms with Crippen LogP contribution in [-0.4, -0.2) is 24.9 Å². The lowest BCUT2D eigenvalue weighted by molar-refractivity contribution is 0.589. The predicted molar refractivity (Wildman–Crippen MR) is 83.4 cm³/mol. The molecule has 0 saturated carbocycles. The summed E-state index contributed by atoms with van der Waals surface area (Å²) < 4.78 is 52.3. The summed E-state index contributed by atoms with van der Waals surface area (Å²) in [5, 5.41) is 0. The van der Waals surface area contributed by atoms with Crippen LogP contribution in [0.4, 0.5) is 10.1 Å². The predicted octanol–water partition coefficient (Wildman–Crippen LogP) is 2.45. The summed E-state index contributed by atoms with van der Waals surface area (Å²) in [5.74, 6) is -0.199. The summed E-state index contributed by atoms with van der Waals surface area (Å²) in [6.07, 6.45) is 0. The van der Waals surface area contributed by atoms with Gasteiger partial charge in [-0.05, 0) is 42.8 Å². The molecule has 0 saturated heterocycles. The van der Waals surface area contributed by atoms with Gasteiger partial charge in [0.05, 0.1) is 26.3 Å². The number of anilines is 1. The van der Waals surface area contributed by atoms with E-state index < -0.39 is 26.6 Å². The SMILES string of the molecule is Cc1cc(S(=O)(=O)N2CCS(=O)c3ccccc32)ccc1F. The summed E-state index contributed by atoms with van der Waals surface area (Å²) in [7, 11) is -5.01. The number of fused-ring (bicyclic) bond motifs is 1. The van der Waals surface area contributed by atoms with Crippen LogP contribution in [0.5, 0.6) is 0 Å². The number of sulfonamides is 1. The van der Waals surface area contributed by atoms with Gasteiger partial charge in [-0.1, -0.05) is 12.1 Å². The molecule has 116 valence electrons. The van der Waals surface area contributed by atoms with Gasteiger partial charge in [-0.2, -0.15) is 0 Å². The van der Waals surface area contributed by atoms with Crippen LogP contribution in [0.15, 0.2) is 52.3 Å². The number of hydrogen-bond donors (Lipinski definition) is 0. The molecule has 22 heavy (non-hydrogen) atoms. The molecule has 2 aromatic carbocycles. The summed E-state index contributed by atoms with van der Waals surface area (Å²) in [5.41, 5.74) is 0.698. The van der Waals surface area contributed by atoms with Gasteiger partial charge in [0, 0.05) is 12.3 Å². The zero-order valence-electron chi connectivity index (χ0n) is 11.8. The van der Waals surface area contributed by atoms with E-state index in [0.717, 1.165) is 6.07 Å². The molecule has 0 aliphatic carbocycles. The molecule has 1 atom stereocenters. The fraction of sp³-hybridized carbons (Fsp3) is 0.200. The van der Waals surface area contributed by atoms with Crippen LogP contribution < -0.4 is 4.31 Å². The Morgan fingerprint density at radius 3 is 2.64 bits per heavy atom. The zero-order valence-corrected chi connectivity index (χ0v) is 13.5. The van der Waals surface area contributed by atoms with Gasteiger partial charge in [-0.3, -0.25) is 8.51 Å². The number of rotatable bonds is 2. The van der Waals surface area contributed by atoms with Gasteiger partial charge in [0.1, 0.15) is 5.82 Å². The van der Waals surface area contributed by atoms with Gasteiger partial charge < -0.3 is 0 Å². The highest BCUT2D eigenvalue weighted by Gasteiger charge is 2.31. The quantitative estimate of drug-likeness (QED) is 0.844. The molecule has 0 radical (unpaired) electrons. The number of benzene rings is 2. The Morgan fingerprint density at radius 1 is 1.18 bits per heavy atom. The van der Waals surface area contributed by atoms with Crippen molar-refractivity contribution < 1.29 is 17.0 Å². The van der Waals surface area contributed by atoms with Crippen molar-refractivity contribution in [3.05, 3.63) is 53.8 Å². The maximum atomic E-state index is 13.4. The van der Waals surface area contributed by atoms with Crippen molar-refractivity contribution in [3.63, 3.8) is 0 Å². The van der Waals surface area contributed by atoms with E-state index in [0.29, 0.717) is 10.6 Å². The Morgan fingerprint density at radius 2 is 1.91 bits per heavy atom. The Balaban J connectivity index is 2.12. The van der Waals surface area contributed by atoms with Gasteiger partial charge in [0.15, 0.2) is 0 Å². The van der Waals surface area contributed by atoms with E-state index in [-0.39, 0.29) is 22.8 Å². The lowest BCUT2D eigenvalue weighted by Crippen LogP contribution is -2.38. The fourth-order valence-corrected chi connectivity index (χ4v) is 5.36. The molecule has 7 heteroatoms. The lowest BCUT2D eigenvalue weighted by atomic mass is 10.2. The first-order chi connectivity index (χ1) is 10.4. The molecule has 1 aliphatic heterocycles. The summed E-state index contributed by atoms with van der Waals surface area (Å²) in [4.78, 5) is 0.546. The van der Waals surface area contributed by atoms with Crippen molar-refractivity contribution in [2.24, 2.45) is 0 Å². The number of nitrogens with zero attached hydrogens (tertiary/aromatic N) is 1. The molecule has 0 bridgehead atoms. The van der Waals surface area contributed by atoms with Gasteiger partial charge in [0.25, 0.3) is 10.0 Å². The Hall–Kier alpha value is -1.73. The summed E-state index contributed by atoms with van der Waals surface area (Å²) in [6, 6.07) is 10.5. The normalized spacial score (nSPS) is 18.1. The van der Waals surface area contributed by atoms with Crippen molar-refractivity contribution >= 4 is 26.5 Å². The van der Waals surface area contributed by atoms with Crippen molar-refractivity contribution in [2.75, 3.05) is 16.6 Å². The monoisotopic (exact) mass is 339 g/mol. The van der Waals surface area contributed by atoms with Gasteiger partial charge in [-0.25, -0.2) is 12.8 Å². The largest absolute Gasteiger partial charge is 0.264 e. The standard InChI is InChI=1S/C15H14FNO3S2/c1-11-10-12(6-7-13(11)16)22(19,20)17-8-9-21(18)15-5-3-2-4-14(15)17/h2-7,10H,8-9H2,1H3. The van der Waals surface area contributed by atoms with Gasteiger partial charge in [-0.15, -0.1) is 0 Å². The zero-order chi connectivity index (χ0) is 15.9. The summed E-state index contributed by atoms with van der Waals surface area (Å²) in [6.45, 7) is 1.66. The maximum Gasteiger partial charge on any atom is 0.264 e. The highest BCUT2D eigenvalue weighted by molar-refractivity contribution is 7.93. The van der Waals surface area contributed by atoms with Crippen LogP contribution in [0.1, 0.15) is 5.56 Å². The second-order valence-electron chi connectivity index (χ2n) is 5.01. The van der Waals surface area contributed by atoms with E-state index in [1.165, 1.54) is 23.4 Å². The molecule has 4 nitrogen and oxygen atoms in total. The van der Waals surface area contributed by atoms with Crippen LogP contribution in [-0.2, 0) is 20.8 Å². The highest BCUT2D eigenvalue weighted by atomic mass is 32.2. The van der Waals surface area contributed by atoms with Crippen LogP contribution in [0.3, 0.4) is 0 Å². The molecular weight excluding hydrogens is 325 g/mol. The summed E-state index contributed by atoms with van der Waals surface area (Å²) >= 11 is 0. The molecule has 0 spiro atoms. The Labute approximate surface area is 131 Å². The molecule has 0 aromatic heterocycles. The highest BCUT2D eigenvalue weighted by Crippen LogP contribution is 2.32. The smallest absolute Gasteiger partial charge is 0.264 e. The molecule has 1 unspecified atom stereocenters. The van der Waals surface area contributed by atoms with E-state index in [2.05, 4.69) is 0 Å². The Kier molecular flexibility index (Phi) is 3.78. The molecule has 0 amide bonds. The first-order valence-corrected chi connectivity index (χ1v) is 9.43. The van der Waals surface area contributed by atoms with Crippen LogP contribution in [0.2, 0.25) is 0 Å². The second kappa shape index (κ2) is 5.48. The minimum absolute atomic E-state index is 0.0360. The number of aryl methyl sites for hydroxylation is 1. The van der Waals surface area contributed by atoms with Crippen molar-refractivity contribution in [1.82, 2.24) is 0 Å². The van der Waals surface area contributed by atoms with Crippen LogP contribution in [0, 0.1) is 12.7 Å². The molecular formula is C15H14FNO3S2. The van der Waals surface area contributed by atoms with E-state index in [4.69, 9.17) is 0 Å². The third-order valence-electron chi connectivity index (χ3n) is 3.58. The first-order valence-electron chi connectivity index (χ1n) is 6.67. The van der Waals surface area contributed by atoms with E-state index in [1.807, 2.05) is 0 Å². The molecule has 3 rings (SSSR count). The minimum atomic E-state index is -3.81. The number of halogens is 1. The molecule has 0 fully saturated rings.